The largest absolute Gasteiger partial charge is 0.478 e. The Morgan fingerprint density at radius 3 is 2.67 bits per heavy atom. The number of rotatable bonds is 5. The molecule has 1 unspecified atom stereocenters. The van der Waals surface area contributed by atoms with Gasteiger partial charge in [-0.3, -0.25) is 4.79 Å². The topological polar surface area (TPSA) is 75.6 Å². The zero-order chi connectivity index (χ0) is 13.7. The molecule has 0 fully saturated rings. The van der Waals surface area contributed by atoms with Gasteiger partial charge < -0.3 is 15.2 Å². The zero-order valence-electron chi connectivity index (χ0n) is 10.1. The highest BCUT2D eigenvalue weighted by Gasteiger charge is 2.14. The third-order valence-electron chi connectivity index (χ3n) is 2.20. The van der Waals surface area contributed by atoms with Gasteiger partial charge in [0.25, 0.3) is 5.91 Å². The number of hydrogen-bond donors (Lipinski definition) is 2. The molecule has 0 heterocycles. The van der Waals surface area contributed by atoms with E-state index < -0.39 is 12.1 Å². The Hall–Kier alpha value is -1.15. The third-order valence-corrected chi connectivity index (χ3v) is 2.82. The van der Waals surface area contributed by atoms with E-state index in [1.54, 1.807) is 19.9 Å². The summed E-state index contributed by atoms with van der Waals surface area (Å²) in [6.07, 6.45) is -0.568. The maximum Gasteiger partial charge on any atom is 0.335 e. The van der Waals surface area contributed by atoms with Gasteiger partial charge in [0.1, 0.15) is 6.10 Å². The number of anilines is 1. The predicted molar refractivity (Wildman–Crippen MR) is 75.8 cm³/mol. The number of benzene rings is 1. The van der Waals surface area contributed by atoms with E-state index in [1.807, 2.05) is 22.6 Å². The van der Waals surface area contributed by atoms with Crippen LogP contribution in [0.3, 0.4) is 0 Å². The van der Waals surface area contributed by atoms with Crippen LogP contribution in [-0.4, -0.2) is 29.7 Å². The van der Waals surface area contributed by atoms with Gasteiger partial charge in [0.15, 0.2) is 0 Å². The fraction of sp³-hybridized carbons (Fsp3) is 0.333. The first kappa shape index (κ1) is 14.9. The van der Waals surface area contributed by atoms with Crippen LogP contribution < -0.4 is 5.32 Å². The molecule has 0 saturated heterocycles. The van der Waals surface area contributed by atoms with Gasteiger partial charge in [-0.25, -0.2) is 4.79 Å². The summed E-state index contributed by atoms with van der Waals surface area (Å²) in [5.41, 5.74) is 0.595. The molecule has 0 radical (unpaired) electrons. The van der Waals surface area contributed by atoms with Crippen molar-refractivity contribution in [1.82, 2.24) is 0 Å². The van der Waals surface area contributed by atoms with E-state index in [4.69, 9.17) is 9.84 Å². The normalized spacial score (nSPS) is 11.9. The molecule has 18 heavy (non-hydrogen) atoms. The lowest BCUT2D eigenvalue weighted by Gasteiger charge is -2.12. The average molecular weight is 363 g/mol. The smallest absolute Gasteiger partial charge is 0.335 e. The highest BCUT2D eigenvalue weighted by Crippen LogP contribution is 2.17. The molecule has 1 rings (SSSR count). The molecule has 1 aromatic carbocycles. The Morgan fingerprint density at radius 2 is 2.11 bits per heavy atom. The first-order chi connectivity index (χ1) is 8.43. The summed E-state index contributed by atoms with van der Waals surface area (Å²) in [6, 6.07) is 4.65. The molecular weight excluding hydrogens is 349 g/mol. The van der Waals surface area contributed by atoms with Gasteiger partial charge in [0.05, 0.1) is 5.56 Å². The summed E-state index contributed by atoms with van der Waals surface area (Å²) in [4.78, 5) is 22.6. The van der Waals surface area contributed by atoms with Crippen LogP contribution in [0.25, 0.3) is 0 Å². The summed E-state index contributed by atoms with van der Waals surface area (Å²) in [5.74, 6) is -1.32. The fourth-order valence-electron chi connectivity index (χ4n) is 1.35. The van der Waals surface area contributed by atoms with Gasteiger partial charge in [0, 0.05) is 15.9 Å². The summed E-state index contributed by atoms with van der Waals surface area (Å²) in [7, 11) is 0. The lowest BCUT2D eigenvalue weighted by atomic mass is 10.2. The van der Waals surface area contributed by atoms with E-state index in [9.17, 15) is 9.59 Å². The van der Waals surface area contributed by atoms with Crippen LogP contribution in [0.5, 0.6) is 0 Å². The summed E-state index contributed by atoms with van der Waals surface area (Å²) < 4.78 is 5.90. The molecule has 5 nitrogen and oxygen atoms in total. The van der Waals surface area contributed by atoms with Gasteiger partial charge in [-0.15, -0.1) is 0 Å². The quantitative estimate of drug-likeness (QED) is 0.788. The number of aromatic carboxylic acids is 1. The van der Waals surface area contributed by atoms with Gasteiger partial charge in [-0.1, -0.05) is 0 Å². The average Bonchev–Trinajstić information content (AvgIpc) is 2.28. The standard InChI is InChI=1S/C12H14INO4/c1-3-18-7(2)11(15)14-10-5-8(12(16)17)4-9(13)6-10/h4-7H,3H2,1-2H3,(H,14,15)(H,16,17). The van der Waals surface area contributed by atoms with Crippen LogP contribution in [-0.2, 0) is 9.53 Å². The molecule has 1 amide bonds. The molecule has 0 aliphatic rings. The minimum Gasteiger partial charge on any atom is -0.478 e. The van der Waals surface area contributed by atoms with E-state index in [2.05, 4.69) is 5.32 Å². The summed E-state index contributed by atoms with van der Waals surface area (Å²) >= 11 is 2.00. The van der Waals surface area contributed by atoms with Crippen molar-refractivity contribution in [2.75, 3.05) is 11.9 Å². The van der Waals surface area contributed by atoms with Crippen molar-refractivity contribution in [3.05, 3.63) is 27.3 Å². The van der Waals surface area contributed by atoms with Crippen molar-refractivity contribution in [1.29, 1.82) is 0 Å². The molecule has 0 saturated carbocycles. The number of carbonyl (C=O) groups excluding carboxylic acids is 1. The lowest BCUT2D eigenvalue weighted by molar-refractivity contribution is -0.126. The van der Waals surface area contributed by atoms with E-state index in [-0.39, 0.29) is 11.5 Å². The van der Waals surface area contributed by atoms with Crippen LogP contribution in [0, 0.1) is 3.57 Å². The SMILES string of the molecule is CCOC(C)C(=O)Nc1cc(I)cc(C(=O)O)c1. The highest BCUT2D eigenvalue weighted by atomic mass is 127. The lowest BCUT2D eigenvalue weighted by Crippen LogP contribution is -2.27. The molecule has 1 atom stereocenters. The number of nitrogens with one attached hydrogen (secondary N) is 1. The van der Waals surface area contributed by atoms with Crippen LogP contribution in [0.4, 0.5) is 5.69 Å². The fourth-order valence-corrected chi connectivity index (χ4v) is 2.03. The molecule has 98 valence electrons. The molecule has 0 spiro atoms. The number of hydrogen-bond acceptors (Lipinski definition) is 3. The predicted octanol–water partition coefficient (Wildman–Crippen LogP) is 2.35. The van der Waals surface area contributed by atoms with Gasteiger partial charge in [-0.2, -0.15) is 0 Å². The Balaban J connectivity index is 2.84. The first-order valence-electron chi connectivity index (χ1n) is 5.40. The Bertz CT molecular complexity index is 461. The van der Waals surface area contributed by atoms with E-state index in [0.717, 1.165) is 3.57 Å². The Labute approximate surface area is 119 Å². The first-order valence-corrected chi connectivity index (χ1v) is 6.48. The number of carboxylic acids is 1. The van der Waals surface area contributed by atoms with E-state index >= 15 is 0 Å². The Kier molecular flexibility index (Phi) is 5.54. The van der Waals surface area contributed by atoms with Gasteiger partial charge in [-0.05, 0) is 54.6 Å². The number of carbonyl (C=O) groups is 2. The van der Waals surface area contributed by atoms with Crippen molar-refractivity contribution >= 4 is 40.2 Å². The van der Waals surface area contributed by atoms with Crippen LogP contribution in [0.15, 0.2) is 18.2 Å². The second-order valence-electron chi connectivity index (χ2n) is 3.62. The van der Waals surface area contributed by atoms with Crippen LogP contribution in [0.2, 0.25) is 0 Å². The maximum atomic E-state index is 11.7. The number of ether oxygens (including phenoxy) is 1. The maximum absolute atomic E-state index is 11.7. The molecule has 0 bridgehead atoms. The molecule has 0 aromatic heterocycles. The van der Waals surface area contributed by atoms with Crippen molar-refractivity contribution < 1.29 is 19.4 Å². The summed E-state index contributed by atoms with van der Waals surface area (Å²) in [5, 5.41) is 11.6. The monoisotopic (exact) mass is 363 g/mol. The van der Waals surface area contributed by atoms with E-state index in [1.165, 1.54) is 12.1 Å². The van der Waals surface area contributed by atoms with Crippen LogP contribution in [0.1, 0.15) is 24.2 Å². The molecule has 0 aliphatic carbocycles. The van der Waals surface area contributed by atoms with Crippen LogP contribution >= 0.6 is 22.6 Å². The second kappa shape index (κ2) is 6.69. The summed E-state index contributed by atoms with van der Waals surface area (Å²) in [6.45, 7) is 3.89. The van der Waals surface area contributed by atoms with Crippen molar-refractivity contribution in [2.24, 2.45) is 0 Å². The zero-order valence-corrected chi connectivity index (χ0v) is 12.2. The molecule has 0 aliphatic heterocycles. The number of halogens is 1. The van der Waals surface area contributed by atoms with Gasteiger partial charge >= 0.3 is 5.97 Å². The third kappa shape index (κ3) is 4.26. The number of amides is 1. The molecular formula is C12H14INO4. The molecule has 6 heteroatoms. The Morgan fingerprint density at radius 1 is 1.44 bits per heavy atom. The van der Waals surface area contributed by atoms with Crippen molar-refractivity contribution in [2.45, 2.75) is 20.0 Å². The highest BCUT2D eigenvalue weighted by molar-refractivity contribution is 14.1. The minimum absolute atomic E-state index is 0.140. The number of carboxylic acid groups (broad SMARTS) is 1. The van der Waals surface area contributed by atoms with E-state index in [0.29, 0.717) is 12.3 Å². The van der Waals surface area contributed by atoms with Gasteiger partial charge in [0.2, 0.25) is 0 Å². The second-order valence-corrected chi connectivity index (χ2v) is 4.87. The van der Waals surface area contributed by atoms with Crippen molar-refractivity contribution in [3.8, 4) is 0 Å². The molecule has 2 N–H and O–H groups in total. The minimum atomic E-state index is -1.03. The molecule has 1 aromatic rings. The van der Waals surface area contributed by atoms with Crippen molar-refractivity contribution in [3.63, 3.8) is 0 Å².